The van der Waals surface area contributed by atoms with Crippen LogP contribution in [0.3, 0.4) is 0 Å². The van der Waals surface area contributed by atoms with E-state index < -0.39 is 10.8 Å². The van der Waals surface area contributed by atoms with Gasteiger partial charge in [0.05, 0.1) is 0 Å². The van der Waals surface area contributed by atoms with Gasteiger partial charge in [-0.25, -0.2) is 0 Å². The lowest BCUT2D eigenvalue weighted by Gasteiger charge is -2.05. The van der Waals surface area contributed by atoms with Crippen molar-refractivity contribution in [2.24, 2.45) is 0 Å². The second-order valence-electron chi connectivity index (χ2n) is 4.06. The molecule has 0 radical (unpaired) electrons. The average molecular weight is 288 g/mol. The predicted molar refractivity (Wildman–Crippen MR) is 76.1 cm³/mol. The van der Waals surface area contributed by atoms with Gasteiger partial charge < -0.3 is 5.32 Å². The fourth-order valence-electron chi connectivity index (χ4n) is 1.47. The standard InChI is InChI=1S/C13H18ClNO2S/c1-2-3-7-15-13(16)10-18(17)9-11-5-4-6-12(14)8-11/h4-6,8H,2-3,7,9-10H2,1H3,(H,15,16)/t18-/m0/s1. The van der Waals surface area contributed by atoms with Crippen LogP contribution in [0.15, 0.2) is 24.3 Å². The molecule has 1 atom stereocenters. The molecule has 0 fully saturated rings. The molecule has 5 heteroatoms. The van der Waals surface area contributed by atoms with Crippen LogP contribution in [0.2, 0.25) is 5.02 Å². The van der Waals surface area contributed by atoms with Crippen LogP contribution < -0.4 is 5.32 Å². The lowest BCUT2D eigenvalue weighted by Crippen LogP contribution is -2.29. The van der Waals surface area contributed by atoms with Crippen LogP contribution in [-0.2, 0) is 21.3 Å². The highest BCUT2D eigenvalue weighted by Crippen LogP contribution is 2.12. The molecule has 18 heavy (non-hydrogen) atoms. The van der Waals surface area contributed by atoms with E-state index in [9.17, 15) is 9.00 Å². The van der Waals surface area contributed by atoms with Crippen LogP contribution in [0, 0.1) is 0 Å². The van der Waals surface area contributed by atoms with Crippen LogP contribution in [0.25, 0.3) is 0 Å². The Hall–Kier alpha value is -0.870. The Balaban J connectivity index is 2.35. The van der Waals surface area contributed by atoms with Crippen LogP contribution >= 0.6 is 11.6 Å². The molecule has 0 spiro atoms. The summed E-state index contributed by atoms with van der Waals surface area (Å²) in [5.74, 6) is 0.265. The van der Waals surface area contributed by atoms with E-state index in [4.69, 9.17) is 11.6 Å². The van der Waals surface area contributed by atoms with Crippen molar-refractivity contribution in [2.75, 3.05) is 12.3 Å². The van der Waals surface area contributed by atoms with Gasteiger partial charge in [-0.05, 0) is 24.1 Å². The summed E-state index contributed by atoms with van der Waals surface area (Å²) in [4.78, 5) is 11.5. The van der Waals surface area contributed by atoms with Crippen molar-refractivity contribution < 1.29 is 9.00 Å². The van der Waals surface area contributed by atoms with Crippen LogP contribution in [0.1, 0.15) is 25.3 Å². The van der Waals surface area contributed by atoms with Crippen molar-refractivity contribution in [3.63, 3.8) is 0 Å². The maximum Gasteiger partial charge on any atom is 0.232 e. The van der Waals surface area contributed by atoms with Crippen molar-refractivity contribution in [1.82, 2.24) is 5.32 Å². The predicted octanol–water partition coefficient (Wildman–Crippen LogP) is 2.51. The molecular weight excluding hydrogens is 270 g/mol. The number of rotatable bonds is 7. The van der Waals surface area contributed by atoms with Gasteiger partial charge in [-0.3, -0.25) is 9.00 Å². The number of unbranched alkanes of at least 4 members (excludes halogenated alkanes) is 1. The topological polar surface area (TPSA) is 46.2 Å². The van der Waals surface area contributed by atoms with Gasteiger partial charge in [0.1, 0.15) is 5.75 Å². The summed E-state index contributed by atoms with van der Waals surface area (Å²) >= 11 is 5.84. The maximum atomic E-state index is 11.8. The molecular formula is C13H18ClNO2S. The molecule has 0 bridgehead atoms. The Bertz CT molecular complexity index is 423. The molecule has 100 valence electrons. The summed E-state index contributed by atoms with van der Waals surface area (Å²) in [6, 6.07) is 7.22. The molecule has 1 rings (SSSR count). The van der Waals surface area contributed by atoms with Crippen molar-refractivity contribution in [3.05, 3.63) is 34.9 Å². The molecule has 0 saturated carbocycles. The van der Waals surface area contributed by atoms with Crippen LogP contribution in [-0.4, -0.2) is 22.4 Å². The van der Waals surface area contributed by atoms with Crippen molar-refractivity contribution in [3.8, 4) is 0 Å². The third-order valence-corrected chi connectivity index (χ3v) is 3.84. The Labute approximate surface area is 115 Å². The molecule has 0 aromatic heterocycles. The maximum absolute atomic E-state index is 11.8. The molecule has 1 aromatic rings. The minimum atomic E-state index is -1.19. The van der Waals surface area contributed by atoms with Gasteiger partial charge in [-0.15, -0.1) is 0 Å². The van der Waals surface area contributed by atoms with Gasteiger partial charge in [-0.1, -0.05) is 37.1 Å². The Kier molecular flexibility index (Phi) is 6.98. The first-order valence-electron chi connectivity index (χ1n) is 5.98. The number of amides is 1. The largest absolute Gasteiger partial charge is 0.355 e. The van der Waals surface area contributed by atoms with E-state index >= 15 is 0 Å². The van der Waals surface area contributed by atoms with Gasteiger partial charge in [-0.2, -0.15) is 0 Å². The minimum absolute atomic E-state index is 0.0518. The first-order chi connectivity index (χ1) is 8.61. The van der Waals surface area contributed by atoms with Gasteiger partial charge in [0.15, 0.2) is 0 Å². The summed E-state index contributed by atoms with van der Waals surface area (Å²) in [6.07, 6.45) is 1.98. The number of carbonyl (C=O) groups excluding carboxylic acids is 1. The monoisotopic (exact) mass is 287 g/mol. The molecule has 1 N–H and O–H groups in total. The Morgan fingerprint density at radius 1 is 1.44 bits per heavy atom. The lowest BCUT2D eigenvalue weighted by atomic mass is 10.2. The van der Waals surface area contributed by atoms with Crippen molar-refractivity contribution >= 4 is 28.3 Å². The summed E-state index contributed by atoms with van der Waals surface area (Å²) in [7, 11) is -1.19. The van der Waals surface area contributed by atoms with E-state index in [1.807, 2.05) is 12.1 Å². The Morgan fingerprint density at radius 3 is 2.89 bits per heavy atom. The third kappa shape index (κ3) is 6.17. The van der Waals surface area contributed by atoms with E-state index in [0.717, 1.165) is 18.4 Å². The highest BCUT2D eigenvalue weighted by molar-refractivity contribution is 7.84. The highest BCUT2D eigenvalue weighted by atomic mass is 35.5. The Morgan fingerprint density at radius 2 is 2.22 bits per heavy atom. The molecule has 1 amide bonds. The molecule has 0 saturated heterocycles. The van der Waals surface area contributed by atoms with E-state index in [1.54, 1.807) is 12.1 Å². The van der Waals surface area contributed by atoms with Crippen molar-refractivity contribution in [2.45, 2.75) is 25.5 Å². The van der Waals surface area contributed by atoms with Crippen LogP contribution in [0.4, 0.5) is 0 Å². The number of benzene rings is 1. The molecule has 0 aliphatic heterocycles. The van der Waals surface area contributed by atoms with E-state index in [0.29, 0.717) is 17.3 Å². The van der Waals surface area contributed by atoms with E-state index in [-0.39, 0.29) is 11.7 Å². The van der Waals surface area contributed by atoms with Crippen molar-refractivity contribution in [1.29, 1.82) is 0 Å². The molecule has 0 aliphatic carbocycles. The smallest absolute Gasteiger partial charge is 0.232 e. The lowest BCUT2D eigenvalue weighted by molar-refractivity contribution is -0.118. The normalized spacial score (nSPS) is 12.1. The summed E-state index contributed by atoms with van der Waals surface area (Å²) in [5, 5.41) is 3.38. The summed E-state index contributed by atoms with van der Waals surface area (Å²) in [6.45, 7) is 2.72. The second-order valence-corrected chi connectivity index (χ2v) is 5.96. The zero-order chi connectivity index (χ0) is 13.4. The van der Waals surface area contributed by atoms with E-state index in [2.05, 4.69) is 12.2 Å². The van der Waals surface area contributed by atoms with Gasteiger partial charge in [0.2, 0.25) is 5.91 Å². The fraction of sp³-hybridized carbons (Fsp3) is 0.462. The molecule has 0 heterocycles. The molecule has 0 aliphatic rings. The first-order valence-corrected chi connectivity index (χ1v) is 7.84. The van der Waals surface area contributed by atoms with Gasteiger partial charge in [0.25, 0.3) is 0 Å². The average Bonchev–Trinajstić information content (AvgIpc) is 2.29. The minimum Gasteiger partial charge on any atom is -0.355 e. The molecule has 0 unspecified atom stereocenters. The molecule has 1 aromatic carbocycles. The third-order valence-electron chi connectivity index (χ3n) is 2.36. The number of nitrogens with one attached hydrogen (secondary N) is 1. The second kappa shape index (κ2) is 8.27. The van der Waals surface area contributed by atoms with Gasteiger partial charge in [0, 0.05) is 28.1 Å². The SMILES string of the molecule is CCCCNC(=O)C[S@@](=O)Cc1cccc(Cl)c1. The zero-order valence-electron chi connectivity index (χ0n) is 10.4. The number of carbonyl (C=O) groups is 1. The fourth-order valence-corrected chi connectivity index (χ4v) is 2.73. The quantitative estimate of drug-likeness (QED) is 0.783. The van der Waals surface area contributed by atoms with E-state index in [1.165, 1.54) is 0 Å². The summed E-state index contributed by atoms with van der Waals surface area (Å²) in [5.41, 5.74) is 0.891. The highest BCUT2D eigenvalue weighted by Gasteiger charge is 2.08. The molecule has 3 nitrogen and oxygen atoms in total. The number of halogens is 1. The number of hydrogen-bond acceptors (Lipinski definition) is 2. The first kappa shape index (κ1) is 15.2. The summed E-state index contributed by atoms with van der Waals surface area (Å²) < 4.78 is 11.8. The van der Waals surface area contributed by atoms with Crippen LogP contribution in [0.5, 0.6) is 0 Å². The van der Waals surface area contributed by atoms with Gasteiger partial charge >= 0.3 is 0 Å². The number of hydrogen-bond donors (Lipinski definition) is 1. The zero-order valence-corrected chi connectivity index (χ0v) is 12.0.